The smallest absolute Gasteiger partial charge is 0.170 e. The molecule has 1 aliphatic rings. The molecule has 0 amide bonds. The third-order valence-corrected chi connectivity index (χ3v) is 4.37. The van der Waals surface area contributed by atoms with E-state index in [1.807, 2.05) is 31.2 Å². The molecule has 0 aliphatic heterocycles. The number of benzene rings is 1. The summed E-state index contributed by atoms with van der Waals surface area (Å²) in [6, 6.07) is 8.36. The molecule has 0 bridgehead atoms. The summed E-state index contributed by atoms with van der Waals surface area (Å²) in [4.78, 5) is 0. The third-order valence-electron chi connectivity index (χ3n) is 4.15. The van der Waals surface area contributed by atoms with Crippen molar-refractivity contribution < 1.29 is 4.74 Å². The fourth-order valence-corrected chi connectivity index (χ4v) is 3.89. The van der Waals surface area contributed by atoms with Crippen LogP contribution in [0.4, 0.5) is 5.69 Å². The molecule has 2 atom stereocenters. The van der Waals surface area contributed by atoms with Gasteiger partial charge in [0.1, 0.15) is 5.75 Å². The standard InChI is InChI=1S/C18H28N2OS/c1-5-21-16-8-6-14(7-9-16)19-17(22)20-15-10-13(2)11-18(3,4)12-15/h6-9,13,15H,5,10-12H2,1-4H3,(H2,19,20,22). The van der Waals surface area contributed by atoms with Gasteiger partial charge in [-0.1, -0.05) is 20.8 Å². The number of ether oxygens (including phenoxy) is 1. The largest absolute Gasteiger partial charge is 0.494 e. The average Bonchev–Trinajstić information content (AvgIpc) is 2.38. The first-order valence-corrected chi connectivity index (χ1v) is 8.59. The van der Waals surface area contributed by atoms with Crippen LogP contribution >= 0.6 is 12.2 Å². The lowest BCUT2D eigenvalue weighted by Gasteiger charge is -2.39. The first kappa shape index (κ1) is 17.1. The van der Waals surface area contributed by atoms with Crippen LogP contribution in [0.5, 0.6) is 5.75 Å². The van der Waals surface area contributed by atoms with Crippen molar-refractivity contribution in [3.63, 3.8) is 0 Å². The second-order valence-corrected chi connectivity index (χ2v) is 7.57. The Balaban J connectivity index is 1.87. The van der Waals surface area contributed by atoms with Crippen LogP contribution in [-0.4, -0.2) is 17.8 Å². The maximum absolute atomic E-state index is 5.46. The van der Waals surface area contributed by atoms with Gasteiger partial charge in [-0.2, -0.15) is 0 Å². The van der Waals surface area contributed by atoms with Gasteiger partial charge in [0.15, 0.2) is 5.11 Å². The van der Waals surface area contributed by atoms with Crippen LogP contribution in [0.1, 0.15) is 47.0 Å². The predicted octanol–water partition coefficient (Wildman–Crippen LogP) is 4.59. The molecule has 3 nitrogen and oxygen atoms in total. The second-order valence-electron chi connectivity index (χ2n) is 7.17. The zero-order valence-electron chi connectivity index (χ0n) is 14.1. The molecule has 4 heteroatoms. The number of rotatable bonds is 4. The van der Waals surface area contributed by atoms with Crippen molar-refractivity contribution in [3.8, 4) is 5.75 Å². The van der Waals surface area contributed by atoms with Crippen LogP contribution in [0, 0.1) is 11.3 Å². The minimum atomic E-state index is 0.393. The molecule has 1 aliphatic carbocycles. The highest BCUT2D eigenvalue weighted by Gasteiger charge is 2.32. The molecule has 2 rings (SSSR count). The maximum atomic E-state index is 5.46. The molecule has 0 radical (unpaired) electrons. The fraction of sp³-hybridized carbons (Fsp3) is 0.611. The van der Waals surface area contributed by atoms with Gasteiger partial charge in [0.25, 0.3) is 0 Å². The highest BCUT2D eigenvalue weighted by molar-refractivity contribution is 7.80. The summed E-state index contributed by atoms with van der Waals surface area (Å²) in [7, 11) is 0. The van der Waals surface area contributed by atoms with Gasteiger partial charge in [-0.15, -0.1) is 0 Å². The van der Waals surface area contributed by atoms with Crippen LogP contribution in [0.15, 0.2) is 24.3 Å². The molecule has 1 saturated carbocycles. The zero-order valence-corrected chi connectivity index (χ0v) is 14.9. The zero-order chi connectivity index (χ0) is 16.2. The lowest BCUT2D eigenvalue weighted by molar-refractivity contribution is 0.162. The Morgan fingerprint density at radius 3 is 2.55 bits per heavy atom. The molecule has 0 heterocycles. The van der Waals surface area contributed by atoms with Gasteiger partial charge in [-0.3, -0.25) is 0 Å². The summed E-state index contributed by atoms with van der Waals surface area (Å²) in [6.07, 6.45) is 3.65. The molecule has 2 unspecified atom stereocenters. The number of hydrogen-bond acceptors (Lipinski definition) is 2. The lowest BCUT2D eigenvalue weighted by Crippen LogP contribution is -2.44. The molecule has 2 N–H and O–H groups in total. The summed E-state index contributed by atoms with van der Waals surface area (Å²) < 4.78 is 5.45. The minimum Gasteiger partial charge on any atom is -0.494 e. The second kappa shape index (κ2) is 7.32. The first-order chi connectivity index (χ1) is 10.4. The van der Waals surface area contributed by atoms with Crippen LogP contribution < -0.4 is 15.4 Å². The van der Waals surface area contributed by atoms with Crippen molar-refractivity contribution in [1.29, 1.82) is 0 Å². The summed E-state index contributed by atoms with van der Waals surface area (Å²) >= 11 is 5.46. The fourth-order valence-electron chi connectivity index (χ4n) is 3.61. The van der Waals surface area contributed by atoms with E-state index in [-0.39, 0.29) is 0 Å². The molecule has 22 heavy (non-hydrogen) atoms. The van der Waals surface area contributed by atoms with Crippen LogP contribution in [0.3, 0.4) is 0 Å². The quantitative estimate of drug-likeness (QED) is 0.795. The minimum absolute atomic E-state index is 0.393. The lowest BCUT2D eigenvalue weighted by atomic mass is 9.71. The van der Waals surface area contributed by atoms with E-state index in [0.29, 0.717) is 23.2 Å². The van der Waals surface area contributed by atoms with Gasteiger partial charge < -0.3 is 15.4 Å². The molecular formula is C18H28N2OS. The monoisotopic (exact) mass is 320 g/mol. The van der Waals surface area contributed by atoms with Crippen molar-refractivity contribution in [3.05, 3.63) is 24.3 Å². The molecule has 1 fully saturated rings. The van der Waals surface area contributed by atoms with Gasteiger partial charge >= 0.3 is 0 Å². The summed E-state index contributed by atoms with van der Waals surface area (Å²) in [6.45, 7) is 9.69. The van der Waals surface area contributed by atoms with E-state index < -0.39 is 0 Å². The highest BCUT2D eigenvalue weighted by Crippen LogP contribution is 2.38. The number of thiocarbonyl (C=S) groups is 1. The molecule has 0 saturated heterocycles. The Labute approximate surface area is 139 Å². The SMILES string of the molecule is CCOc1ccc(NC(=S)NC2CC(C)CC(C)(C)C2)cc1. The molecule has 122 valence electrons. The Bertz CT molecular complexity index is 498. The van der Waals surface area contributed by atoms with Crippen LogP contribution in [0.2, 0.25) is 0 Å². The molecule has 0 spiro atoms. The highest BCUT2D eigenvalue weighted by atomic mass is 32.1. The molecule has 1 aromatic rings. The summed E-state index contributed by atoms with van der Waals surface area (Å²) in [5.41, 5.74) is 1.38. The van der Waals surface area contributed by atoms with Crippen molar-refractivity contribution in [1.82, 2.24) is 5.32 Å². The maximum Gasteiger partial charge on any atom is 0.170 e. The Hall–Kier alpha value is -1.29. The third kappa shape index (κ3) is 5.16. The van der Waals surface area contributed by atoms with Crippen molar-refractivity contribution in [2.24, 2.45) is 11.3 Å². The van der Waals surface area contributed by atoms with Gasteiger partial charge in [-0.25, -0.2) is 0 Å². The van der Waals surface area contributed by atoms with E-state index in [0.717, 1.165) is 17.4 Å². The number of hydrogen-bond donors (Lipinski definition) is 2. The molecule has 1 aromatic carbocycles. The van der Waals surface area contributed by atoms with Crippen LogP contribution in [0.25, 0.3) is 0 Å². The van der Waals surface area contributed by atoms with E-state index in [1.54, 1.807) is 0 Å². The molecule has 0 aromatic heterocycles. The first-order valence-electron chi connectivity index (χ1n) is 8.18. The number of anilines is 1. The van der Waals surface area contributed by atoms with E-state index in [9.17, 15) is 0 Å². The van der Waals surface area contributed by atoms with Gasteiger partial charge in [0, 0.05) is 11.7 Å². The predicted molar refractivity (Wildman–Crippen MR) is 97.6 cm³/mol. The van der Waals surface area contributed by atoms with E-state index in [1.165, 1.54) is 19.3 Å². The van der Waals surface area contributed by atoms with Crippen LogP contribution in [-0.2, 0) is 0 Å². The Kier molecular flexibility index (Phi) is 5.68. The Morgan fingerprint density at radius 2 is 1.95 bits per heavy atom. The molecular weight excluding hydrogens is 292 g/mol. The summed E-state index contributed by atoms with van der Waals surface area (Å²) in [5, 5.41) is 7.46. The normalized spacial score (nSPS) is 23.6. The van der Waals surface area contributed by atoms with Crippen molar-refractivity contribution in [2.75, 3.05) is 11.9 Å². The van der Waals surface area contributed by atoms with Crippen molar-refractivity contribution in [2.45, 2.75) is 53.0 Å². The van der Waals surface area contributed by atoms with Gasteiger partial charge in [-0.05, 0) is 74.0 Å². The van der Waals surface area contributed by atoms with E-state index in [4.69, 9.17) is 17.0 Å². The number of nitrogens with one attached hydrogen (secondary N) is 2. The van der Waals surface area contributed by atoms with E-state index >= 15 is 0 Å². The van der Waals surface area contributed by atoms with Gasteiger partial charge in [0.2, 0.25) is 0 Å². The van der Waals surface area contributed by atoms with E-state index in [2.05, 4.69) is 31.4 Å². The summed E-state index contributed by atoms with van der Waals surface area (Å²) in [5.74, 6) is 1.63. The Morgan fingerprint density at radius 1 is 1.27 bits per heavy atom. The average molecular weight is 321 g/mol. The van der Waals surface area contributed by atoms with Gasteiger partial charge in [0.05, 0.1) is 6.61 Å². The van der Waals surface area contributed by atoms with Crippen molar-refractivity contribution >= 4 is 23.0 Å². The topological polar surface area (TPSA) is 33.3 Å².